The fourth-order valence-corrected chi connectivity index (χ4v) is 6.03. The van der Waals surface area contributed by atoms with Gasteiger partial charge in [-0.2, -0.15) is 0 Å². The number of amides is 1. The summed E-state index contributed by atoms with van der Waals surface area (Å²) < 4.78 is 17.1. The van der Waals surface area contributed by atoms with Crippen molar-refractivity contribution in [2.75, 3.05) is 14.2 Å². The van der Waals surface area contributed by atoms with Crippen LogP contribution in [0.15, 0.2) is 106 Å². The summed E-state index contributed by atoms with van der Waals surface area (Å²) in [5.74, 6) is 0.542. The number of allylic oxidation sites excluding steroid dienone is 1. The average Bonchev–Trinajstić information content (AvgIpc) is 3.41. The summed E-state index contributed by atoms with van der Waals surface area (Å²) in [4.78, 5) is 33.8. The van der Waals surface area contributed by atoms with Crippen LogP contribution in [0.5, 0.6) is 11.5 Å². The predicted octanol–water partition coefficient (Wildman–Crippen LogP) is 6.29. The van der Waals surface area contributed by atoms with Gasteiger partial charge in [0.05, 0.1) is 44.0 Å². The van der Waals surface area contributed by atoms with Crippen LogP contribution in [0.25, 0.3) is 0 Å². The maximum absolute atomic E-state index is 13.8. The highest BCUT2D eigenvalue weighted by molar-refractivity contribution is 8.16. The second-order valence-corrected chi connectivity index (χ2v) is 10.8. The zero-order valence-electron chi connectivity index (χ0n) is 24.0. The molecule has 0 unspecified atom stereocenters. The number of nitrogens with one attached hydrogen (secondary N) is 1. The summed E-state index contributed by atoms with van der Waals surface area (Å²) in [6.45, 7) is 3.87. The number of carbonyl (C=O) groups excluding carboxylic acids is 2. The van der Waals surface area contributed by atoms with E-state index in [1.165, 1.54) is 11.8 Å². The fraction of sp³-hybridized carbons (Fsp3) is 0.242. The zero-order chi connectivity index (χ0) is 29.6. The number of ether oxygens (including phenoxy) is 3. The standard InChI is InChI=1S/C33H33N3O5S/c1-21(24-13-9-6-10-14-24)34-29(37)17-25-20-42-33-35-22(2)30(32(38)41-19-23-11-7-5-8-12-23)31(36(25)33)27-18-26(39-3)15-16-28(27)40-4/h5-16,18,20-21,31H,17,19H2,1-4H3,(H,34,37)/t21-,31+/m1/s1. The quantitative estimate of drug-likeness (QED) is 0.281. The Kier molecular flexibility index (Phi) is 8.97. The summed E-state index contributed by atoms with van der Waals surface area (Å²) in [5.41, 5.74) is 4.21. The van der Waals surface area contributed by atoms with E-state index in [0.29, 0.717) is 39.2 Å². The van der Waals surface area contributed by atoms with Gasteiger partial charge in [-0.05, 0) is 48.6 Å². The van der Waals surface area contributed by atoms with Crippen LogP contribution in [-0.2, 0) is 20.9 Å². The molecule has 0 saturated heterocycles. The van der Waals surface area contributed by atoms with Gasteiger partial charge in [0.1, 0.15) is 18.1 Å². The fourth-order valence-electron chi connectivity index (χ4n) is 5.06. The van der Waals surface area contributed by atoms with E-state index in [0.717, 1.165) is 11.1 Å². The van der Waals surface area contributed by atoms with E-state index in [1.54, 1.807) is 27.2 Å². The molecule has 216 valence electrons. The van der Waals surface area contributed by atoms with Crippen LogP contribution in [0.1, 0.15) is 49.0 Å². The number of carbonyl (C=O) groups is 2. The summed E-state index contributed by atoms with van der Waals surface area (Å²) in [6, 6.07) is 24.0. The van der Waals surface area contributed by atoms with E-state index in [-0.39, 0.29) is 25.0 Å². The van der Waals surface area contributed by atoms with Crippen molar-refractivity contribution < 1.29 is 23.8 Å². The normalized spacial score (nSPS) is 16.7. The molecule has 5 rings (SSSR count). The molecule has 2 aliphatic rings. The molecule has 2 aliphatic heterocycles. The van der Waals surface area contributed by atoms with Crippen molar-refractivity contribution in [3.05, 3.63) is 118 Å². The molecule has 8 nitrogen and oxygen atoms in total. The minimum Gasteiger partial charge on any atom is -0.497 e. The number of amidine groups is 1. The van der Waals surface area contributed by atoms with Crippen LogP contribution in [0, 0.1) is 0 Å². The molecule has 0 aromatic heterocycles. The molecule has 0 bridgehead atoms. The minimum absolute atomic E-state index is 0.0946. The Hall–Kier alpha value is -4.50. The Labute approximate surface area is 250 Å². The molecule has 3 aromatic carbocycles. The lowest BCUT2D eigenvalue weighted by atomic mass is 9.92. The van der Waals surface area contributed by atoms with E-state index in [4.69, 9.17) is 19.2 Å². The van der Waals surface area contributed by atoms with E-state index in [1.807, 2.05) is 90.0 Å². The molecule has 0 fully saturated rings. The zero-order valence-corrected chi connectivity index (χ0v) is 24.8. The van der Waals surface area contributed by atoms with Crippen molar-refractivity contribution in [3.63, 3.8) is 0 Å². The van der Waals surface area contributed by atoms with Gasteiger partial charge in [0.15, 0.2) is 5.17 Å². The molecule has 1 N–H and O–H groups in total. The number of fused-ring (bicyclic) bond motifs is 1. The molecular formula is C33H33N3O5S. The number of methoxy groups -OCH3 is 2. The van der Waals surface area contributed by atoms with Crippen LogP contribution < -0.4 is 14.8 Å². The van der Waals surface area contributed by atoms with E-state index in [9.17, 15) is 9.59 Å². The van der Waals surface area contributed by atoms with Gasteiger partial charge in [-0.25, -0.2) is 9.79 Å². The van der Waals surface area contributed by atoms with Crippen molar-refractivity contribution >= 4 is 28.8 Å². The molecule has 0 aliphatic carbocycles. The number of esters is 1. The molecule has 2 atom stereocenters. The Morgan fingerprint density at radius 1 is 1.00 bits per heavy atom. The molecular weight excluding hydrogens is 550 g/mol. The van der Waals surface area contributed by atoms with Gasteiger partial charge >= 0.3 is 5.97 Å². The first-order valence-corrected chi connectivity index (χ1v) is 14.5. The summed E-state index contributed by atoms with van der Waals surface area (Å²) in [7, 11) is 3.17. The lowest BCUT2D eigenvalue weighted by Crippen LogP contribution is -2.38. The van der Waals surface area contributed by atoms with Gasteiger partial charge in [-0.1, -0.05) is 72.4 Å². The van der Waals surface area contributed by atoms with Crippen LogP contribution in [0.4, 0.5) is 0 Å². The summed E-state index contributed by atoms with van der Waals surface area (Å²) in [5, 5.41) is 5.67. The number of thioether (sulfide) groups is 1. The molecule has 1 amide bonds. The Balaban J connectivity index is 1.48. The molecule has 42 heavy (non-hydrogen) atoms. The molecule has 0 saturated carbocycles. The molecule has 3 aromatic rings. The SMILES string of the molecule is COc1ccc(OC)c([C@H]2C(C(=O)OCc3ccccc3)=C(C)N=C3SC=C(CC(=O)N[C@H](C)c4ccccc4)N32)c1. The number of hydrogen-bond acceptors (Lipinski definition) is 8. The molecule has 9 heteroatoms. The first-order chi connectivity index (χ1) is 20.4. The van der Waals surface area contributed by atoms with Gasteiger partial charge < -0.3 is 24.4 Å². The van der Waals surface area contributed by atoms with Crippen LogP contribution in [-0.4, -0.2) is 36.2 Å². The Morgan fingerprint density at radius 2 is 1.71 bits per heavy atom. The maximum Gasteiger partial charge on any atom is 0.338 e. The maximum atomic E-state index is 13.8. The number of aliphatic imine (C=N–C) groups is 1. The second kappa shape index (κ2) is 13.0. The smallest absolute Gasteiger partial charge is 0.338 e. The minimum atomic E-state index is -0.661. The van der Waals surface area contributed by atoms with Crippen LogP contribution in [0.2, 0.25) is 0 Å². The number of benzene rings is 3. The van der Waals surface area contributed by atoms with Crippen molar-refractivity contribution in [2.24, 2.45) is 4.99 Å². The predicted molar refractivity (Wildman–Crippen MR) is 164 cm³/mol. The summed E-state index contributed by atoms with van der Waals surface area (Å²) >= 11 is 1.42. The average molecular weight is 584 g/mol. The highest BCUT2D eigenvalue weighted by atomic mass is 32.2. The first kappa shape index (κ1) is 29.0. The van der Waals surface area contributed by atoms with E-state index >= 15 is 0 Å². The Bertz CT molecular complexity index is 1550. The van der Waals surface area contributed by atoms with Gasteiger partial charge in [0, 0.05) is 11.3 Å². The third-order valence-corrected chi connectivity index (χ3v) is 8.07. The van der Waals surface area contributed by atoms with Gasteiger partial charge in [-0.15, -0.1) is 0 Å². The van der Waals surface area contributed by atoms with Gasteiger partial charge in [-0.3, -0.25) is 4.79 Å². The van der Waals surface area contributed by atoms with Gasteiger partial charge in [0.2, 0.25) is 5.91 Å². The second-order valence-electron chi connectivity index (χ2n) is 9.94. The lowest BCUT2D eigenvalue weighted by molar-refractivity contribution is -0.141. The topological polar surface area (TPSA) is 89.5 Å². The first-order valence-electron chi connectivity index (χ1n) is 13.6. The van der Waals surface area contributed by atoms with Crippen molar-refractivity contribution in [3.8, 4) is 11.5 Å². The Morgan fingerprint density at radius 3 is 2.40 bits per heavy atom. The van der Waals surface area contributed by atoms with Gasteiger partial charge in [0.25, 0.3) is 0 Å². The number of hydrogen-bond donors (Lipinski definition) is 1. The summed E-state index contributed by atoms with van der Waals surface area (Å²) in [6.07, 6.45) is 0.0946. The van der Waals surface area contributed by atoms with E-state index < -0.39 is 12.0 Å². The number of rotatable bonds is 10. The number of nitrogens with zero attached hydrogens (tertiary/aromatic N) is 2. The van der Waals surface area contributed by atoms with Crippen LogP contribution >= 0.6 is 11.8 Å². The van der Waals surface area contributed by atoms with Crippen molar-refractivity contribution in [1.29, 1.82) is 0 Å². The van der Waals surface area contributed by atoms with Crippen LogP contribution in [0.3, 0.4) is 0 Å². The molecule has 2 heterocycles. The third-order valence-electron chi connectivity index (χ3n) is 7.18. The highest BCUT2D eigenvalue weighted by Gasteiger charge is 2.42. The lowest BCUT2D eigenvalue weighted by Gasteiger charge is -2.37. The third kappa shape index (κ3) is 6.21. The van der Waals surface area contributed by atoms with E-state index in [2.05, 4.69) is 5.32 Å². The van der Waals surface area contributed by atoms with Crippen molar-refractivity contribution in [1.82, 2.24) is 10.2 Å². The molecule has 0 spiro atoms. The molecule has 0 radical (unpaired) electrons. The highest BCUT2D eigenvalue weighted by Crippen LogP contribution is 2.47. The monoisotopic (exact) mass is 583 g/mol. The largest absolute Gasteiger partial charge is 0.497 e. The van der Waals surface area contributed by atoms with Crippen molar-refractivity contribution in [2.45, 2.75) is 39.0 Å².